The van der Waals surface area contributed by atoms with E-state index in [0.717, 1.165) is 11.4 Å². The number of halogens is 1. The lowest BCUT2D eigenvalue weighted by Gasteiger charge is -2.09. The molecule has 1 aromatic carbocycles. The Morgan fingerprint density at radius 2 is 2.31 bits per heavy atom. The van der Waals surface area contributed by atoms with Gasteiger partial charge in [-0.05, 0) is 18.2 Å². The lowest BCUT2D eigenvalue weighted by atomic mass is 10.2. The Hall–Kier alpha value is -1.64. The minimum Gasteiger partial charge on any atom is -0.347 e. The standard InChI is InChI=1S/C10H9FN2/c11-9-4-1-3-8(7-9)10-12-5-2-6-13-10/h1-5,7H,6H2,(H,12,13). The third-order valence-corrected chi connectivity index (χ3v) is 1.79. The Morgan fingerprint density at radius 3 is 3.00 bits per heavy atom. The molecule has 0 aliphatic carbocycles. The molecule has 0 unspecified atom stereocenters. The second-order valence-corrected chi connectivity index (χ2v) is 2.75. The zero-order valence-corrected chi connectivity index (χ0v) is 7.00. The topological polar surface area (TPSA) is 24.4 Å². The van der Waals surface area contributed by atoms with Gasteiger partial charge in [-0.1, -0.05) is 12.1 Å². The molecule has 1 heterocycles. The lowest BCUT2D eigenvalue weighted by Crippen LogP contribution is -2.21. The van der Waals surface area contributed by atoms with Gasteiger partial charge in [-0.25, -0.2) is 4.39 Å². The van der Waals surface area contributed by atoms with Crippen LogP contribution in [0, 0.1) is 5.82 Å². The second-order valence-electron chi connectivity index (χ2n) is 2.75. The van der Waals surface area contributed by atoms with Gasteiger partial charge in [0.25, 0.3) is 0 Å². The third kappa shape index (κ3) is 1.75. The second kappa shape index (κ2) is 3.39. The van der Waals surface area contributed by atoms with E-state index in [1.807, 2.05) is 18.3 Å². The van der Waals surface area contributed by atoms with Crippen molar-refractivity contribution in [3.05, 3.63) is 47.9 Å². The molecule has 2 rings (SSSR count). The first-order valence-electron chi connectivity index (χ1n) is 4.08. The van der Waals surface area contributed by atoms with Gasteiger partial charge in [0.15, 0.2) is 0 Å². The molecule has 0 atom stereocenters. The molecule has 0 bridgehead atoms. The van der Waals surface area contributed by atoms with Crippen molar-refractivity contribution < 1.29 is 4.39 Å². The molecule has 1 aliphatic heterocycles. The molecule has 0 fully saturated rings. The lowest BCUT2D eigenvalue weighted by molar-refractivity contribution is 0.627. The van der Waals surface area contributed by atoms with E-state index in [9.17, 15) is 4.39 Å². The summed E-state index contributed by atoms with van der Waals surface area (Å²) >= 11 is 0. The average Bonchev–Trinajstić information content (AvgIpc) is 2.19. The van der Waals surface area contributed by atoms with Gasteiger partial charge >= 0.3 is 0 Å². The van der Waals surface area contributed by atoms with Gasteiger partial charge in [-0.2, -0.15) is 0 Å². The predicted molar refractivity (Wildman–Crippen MR) is 50.1 cm³/mol. The van der Waals surface area contributed by atoms with Gasteiger partial charge in [-0.15, -0.1) is 0 Å². The van der Waals surface area contributed by atoms with Crippen LogP contribution in [-0.2, 0) is 0 Å². The number of hydrogen-bond acceptors (Lipinski definition) is 2. The summed E-state index contributed by atoms with van der Waals surface area (Å²) in [5.74, 6) is 0.485. The van der Waals surface area contributed by atoms with E-state index in [2.05, 4.69) is 10.3 Å². The summed E-state index contributed by atoms with van der Waals surface area (Å²) in [7, 11) is 0. The molecule has 13 heavy (non-hydrogen) atoms. The Morgan fingerprint density at radius 1 is 1.38 bits per heavy atom. The fraction of sp³-hybridized carbons (Fsp3) is 0.100. The monoisotopic (exact) mass is 176 g/mol. The van der Waals surface area contributed by atoms with Crippen molar-refractivity contribution >= 4 is 5.84 Å². The average molecular weight is 176 g/mol. The molecule has 1 aliphatic rings. The van der Waals surface area contributed by atoms with Crippen LogP contribution in [-0.4, -0.2) is 12.4 Å². The van der Waals surface area contributed by atoms with Crippen LogP contribution in [0.4, 0.5) is 4.39 Å². The van der Waals surface area contributed by atoms with Crippen molar-refractivity contribution in [1.82, 2.24) is 5.32 Å². The molecule has 1 N–H and O–H groups in total. The summed E-state index contributed by atoms with van der Waals surface area (Å²) in [4.78, 5) is 4.19. The highest BCUT2D eigenvalue weighted by atomic mass is 19.1. The van der Waals surface area contributed by atoms with Crippen LogP contribution in [0.1, 0.15) is 5.56 Å². The highest BCUT2D eigenvalue weighted by molar-refractivity contribution is 5.99. The Kier molecular flexibility index (Phi) is 2.08. The van der Waals surface area contributed by atoms with Crippen LogP contribution in [0.2, 0.25) is 0 Å². The molecule has 1 aromatic rings. The van der Waals surface area contributed by atoms with Gasteiger partial charge in [0.1, 0.15) is 11.7 Å². The van der Waals surface area contributed by atoms with Crippen molar-refractivity contribution in [2.45, 2.75) is 0 Å². The van der Waals surface area contributed by atoms with Crippen LogP contribution >= 0.6 is 0 Å². The molecule has 0 saturated heterocycles. The number of nitrogens with zero attached hydrogens (tertiary/aromatic N) is 1. The third-order valence-electron chi connectivity index (χ3n) is 1.79. The molecule has 66 valence electrons. The smallest absolute Gasteiger partial charge is 0.132 e. The van der Waals surface area contributed by atoms with Gasteiger partial charge < -0.3 is 5.32 Å². The van der Waals surface area contributed by atoms with Gasteiger partial charge in [-0.3, -0.25) is 4.99 Å². The number of rotatable bonds is 1. The summed E-state index contributed by atoms with van der Waals surface area (Å²) < 4.78 is 12.8. The Bertz CT molecular complexity index is 369. The summed E-state index contributed by atoms with van der Waals surface area (Å²) in [6.07, 6.45) is 3.72. The van der Waals surface area contributed by atoms with Gasteiger partial charge in [0, 0.05) is 11.8 Å². The Balaban J connectivity index is 2.30. The van der Waals surface area contributed by atoms with Crippen molar-refractivity contribution in [1.29, 1.82) is 0 Å². The van der Waals surface area contributed by atoms with E-state index in [-0.39, 0.29) is 5.82 Å². The zero-order valence-electron chi connectivity index (χ0n) is 7.00. The van der Waals surface area contributed by atoms with Crippen LogP contribution < -0.4 is 5.32 Å². The summed E-state index contributed by atoms with van der Waals surface area (Å²) in [5.41, 5.74) is 0.782. The number of aliphatic imine (C=N–C) groups is 1. The fourth-order valence-corrected chi connectivity index (χ4v) is 1.19. The number of amidine groups is 1. The van der Waals surface area contributed by atoms with Crippen LogP contribution in [0.15, 0.2) is 41.5 Å². The first-order chi connectivity index (χ1) is 6.36. The highest BCUT2D eigenvalue weighted by Gasteiger charge is 2.03. The molecule has 0 radical (unpaired) electrons. The van der Waals surface area contributed by atoms with E-state index < -0.39 is 0 Å². The number of hydrogen-bond donors (Lipinski definition) is 1. The van der Waals surface area contributed by atoms with E-state index in [1.165, 1.54) is 12.1 Å². The minimum absolute atomic E-state index is 0.239. The van der Waals surface area contributed by atoms with Gasteiger partial charge in [0.05, 0.1) is 6.54 Å². The van der Waals surface area contributed by atoms with Crippen LogP contribution in [0.25, 0.3) is 0 Å². The normalized spacial score (nSPS) is 15.0. The largest absolute Gasteiger partial charge is 0.347 e. The summed E-state index contributed by atoms with van der Waals surface area (Å²) in [6.45, 7) is 0.652. The van der Waals surface area contributed by atoms with E-state index in [1.54, 1.807) is 6.07 Å². The van der Waals surface area contributed by atoms with Crippen molar-refractivity contribution in [3.63, 3.8) is 0 Å². The number of nitrogens with one attached hydrogen (secondary N) is 1. The summed E-state index contributed by atoms with van der Waals surface area (Å²) in [6, 6.07) is 6.38. The molecule has 0 aromatic heterocycles. The molecule has 3 heteroatoms. The first-order valence-corrected chi connectivity index (χ1v) is 4.08. The molecular weight excluding hydrogens is 167 g/mol. The molecule has 0 spiro atoms. The van der Waals surface area contributed by atoms with E-state index in [0.29, 0.717) is 6.54 Å². The predicted octanol–water partition coefficient (Wildman–Crippen LogP) is 1.69. The highest BCUT2D eigenvalue weighted by Crippen LogP contribution is 2.05. The quantitative estimate of drug-likeness (QED) is 0.691. The summed E-state index contributed by atoms with van der Waals surface area (Å²) in [5, 5.41) is 2.97. The maximum Gasteiger partial charge on any atom is 0.132 e. The minimum atomic E-state index is -0.239. The fourth-order valence-electron chi connectivity index (χ4n) is 1.19. The van der Waals surface area contributed by atoms with Crippen molar-refractivity contribution in [2.75, 3.05) is 6.54 Å². The first kappa shape index (κ1) is 7.98. The van der Waals surface area contributed by atoms with Crippen molar-refractivity contribution in [3.8, 4) is 0 Å². The molecule has 0 amide bonds. The maximum atomic E-state index is 12.8. The molecular formula is C10H9FN2. The van der Waals surface area contributed by atoms with E-state index in [4.69, 9.17) is 0 Å². The van der Waals surface area contributed by atoms with Crippen LogP contribution in [0.5, 0.6) is 0 Å². The number of benzene rings is 1. The SMILES string of the molecule is Fc1cccc(C2=NCC=CN2)c1. The van der Waals surface area contributed by atoms with E-state index >= 15 is 0 Å². The van der Waals surface area contributed by atoms with Crippen LogP contribution in [0.3, 0.4) is 0 Å². The maximum absolute atomic E-state index is 12.8. The zero-order chi connectivity index (χ0) is 9.10. The molecule has 0 saturated carbocycles. The van der Waals surface area contributed by atoms with Crippen molar-refractivity contribution in [2.24, 2.45) is 4.99 Å². The van der Waals surface area contributed by atoms with Gasteiger partial charge in [0.2, 0.25) is 0 Å². The Labute approximate surface area is 75.8 Å². The molecule has 2 nitrogen and oxygen atoms in total.